The number of nitrogens with zero attached hydrogens (tertiary/aromatic N) is 4. The minimum atomic E-state index is 0.808. The predicted octanol–water partition coefficient (Wildman–Crippen LogP) is 1.78. The Balaban J connectivity index is 1.96. The molecule has 0 radical (unpaired) electrons. The molecule has 0 bridgehead atoms. The summed E-state index contributed by atoms with van der Waals surface area (Å²) < 4.78 is 2.03. The monoisotopic (exact) mass is 260 g/mol. The lowest BCUT2D eigenvalue weighted by atomic mass is 10.4. The van der Waals surface area contributed by atoms with Gasteiger partial charge in [0, 0.05) is 44.5 Å². The summed E-state index contributed by atoms with van der Waals surface area (Å²) >= 11 is 0. The topological polar surface area (TPSA) is 67.7 Å². The van der Waals surface area contributed by atoms with E-state index in [0.29, 0.717) is 0 Å². The van der Waals surface area contributed by atoms with Crippen LogP contribution >= 0.6 is 0 Å². The van der Waals surface area contributed by atoms with Crippen molar-refractivity contribution in [3.63, 3.8) is 0 Å². The summed E-state index contributed by atoms with van der Waals surface area (Å²) in [6.07, 6.45) is 6.37. The molecule has 0 atom stereocenters. The number of nitrogens with one attached hydrogen (secondary N) is 2. The van der Waals surface area contributed by atoms with Gasteiger partial charge in [-0.05, 0) is 6.92 Å². The molecule has 0 aliphatic rings. The Morgan fingerprint density at radius 1 is 1.16 bits per heavy atom. The van der Waals surface area contributed by atoms with Crippen molar-refractivity contribution in [1.29, 1.82) is 0 Å². The number of aromatic nitrogens is 4. The molecule has 0 spiro atoms. The van der Waals surface area contributed by atoms with Crippen LogP contribution in [0.4, 0.5) is 11.6 Å². The summed E-state index contributed by atoms with van der Waals surface area (Å²) in [5.74, 6) is 2.59. The summed E-state index contributed by atoms with van der Waals surface area (Å²) in [5, 5.41) is 6.54. The summed E-state index contributed by atoms with van der Waals surface area (Å²) in [7, 11) is 0. The molecule has 0 amide bonds. The number of hydrogen-bond donors (Lipinski definition) is 2. The lowest BCUT2D eigenvalue weighted by Gasteiger charge is -2.10. The van der Waals surface area contributed by atoms with Crippen molar-refractivity contribution < 1.29 is 0 Å². The second-order valence-corrected chi connectivity index (χ2v) is 4.17. The highest BCUT2D eigenvalue weighted by atomic mass is 15.1. The molecule has 2 aromatic rings. The van der Waals surface area contributed by atoms with Crippen molar-refractivity contribution in [2.24, 2.45) is 0 Å². The van der Waals surface area contributed by atoms with Gasteiger partial charge in [0.2, 0.25) is 0 Å². The largest absolute Gasteiger partial charge is 0.370 e. The minimum Gasteiger partial charge on any atom is -0.370 e. The molecule has 0 aliphatic carbocycles. The van der Waals surface area contributed by atoms with E-state index in [1.807, 2.05) is 23.2 Å². The van der Waals surface area contributed by atoms with Gasteiger partial charge in [-0.3, -0.25) is 0 Å². The van der Waals surface area contributed by atoms with Crippen LogP contribution < -0.4 is 10.6 Å². The summed E-state index contributed by atoms with van der Waals surface area (Å²) in [4.78, 5) is 12.9. The molecule has 6 nitrogen and oxygen atoms in total. The fraction of sp³-hybridized carbons (Fsp3) is 0.462. The van der Waals surface area contributed by atoms with Gasteiger partial charge < -0.3 is 15.2 Å². The third-order valence-electron chi connectivity index (χ3n) is 2.68. The fourth-order valence-electron chi connectivity index (χ4n) is 1.75. The quantitative estimate of drug-likeness (QED) is 0.794. The second kappa shape index (κ2) is 6.72. The van der Waals surface area contributed by atoms with Crippen molar-refractivity contribution in [2.75, 3.05) is 23.7 Å². The molecule has 0 unspecified atom stereocenters. The molecule has 0 saturated carbocycles. The first-order valence-electron chi connectivity index (χ1n) is 6.63. The van der Waals surface area contributed by atoms with Gasteiger partial charge in [-0.1, -0.05) is 6.92 Å². The molecule has 6 heteroatoms. The lowest BCUT2D eigenvalue weighted by molar-refractivity contribution is 0.724. The molecule has 0 aliphatic heterocycles. The number of imidazole rings is 1. The van der Waals surface area contributed by atoms with Crippen molar-refractivity contribution >= 4 is 11.6 Å². The number of rotatable bonds is 7. The van der Waals surface area contributed by atoms with Gasteiger partial charge in [-0.2, -0.15) is 0 Å². The molecule has 2 rings (SSSR count). The molecule has 0 aromatic carbocycles. The normalized spacial score (nSPS) is 10.4. The molecule has 2 heterocycles. The van der Waals surface area contributed by atoms with Crippen molar-refractivity contribution in [1.82, 2.24) is 19.5 Å². The van der Waals surface area contributed by atoms with E-state index in [9.17, 15) is 0 Å². The van der Waals surface area contributed by atoms with Gasteiger partial charge >= 0.3 is 0 Å². The van der Waals surface area contributed by atoms with Crippen LogP contribution in [0.1, 0.15) is 19.7 Å². The maximum atomic E-state index is 4.47. The molecule has 102 valence electrons. The molecule has 19 heavy (non-hydrogen) atoms. The van der Waals surface area contributed by atoms with Gasteiger partial charge in [-0.25, -0.2) is 15.0 Å². The summed E-state index contributed by atoms with van der Waals surface area (Å²) in [6.45, 7) is 6.64. The molecule has 2 N–H and O–H groups in total. The lowest BCUT2D eigenvalue weighted by Crippen LogP contribution is -2.12. The number of hydrogen-bond acceptors (Lipinski definition) is 5. The SMILES string of the molecule is CCNc1cc(NCCn2ccnc2)nc(CC)n1. The van der Waals surface area contributed by atoms with Crippen LogP contribution in [0.2, 0.25) is 0 Å². The maximum Gasteiger partial charge on any atom is 0.132 e. The van der Waals surface area contributed by atoms with Gasteiger partial charge in [0.05, 0.1) is 6.33 Å². The Hall–Kier alpha value is -2.11. The van der Waals surface area contributed by atoms with Crippen molar-refractivity contribution in [3.05, 3.63) is 30.6 Å². The Bertz CT molecular complexity index is 494. The highest BCUT2D eigenvalue weighted by Gasteiger charge is 2.02. The van der Waals surface area contributed by atoms with Crippen LogP contribution in [0.3, 0.4) is 0 Å². The van der Waals surface area contributed by atoms with Gasteiger partial charge in [0.25, 0.3) is 0 Å². The Kier molecular flexibility index (Phi) is 4.72. The second-order valence-electron chi connectivity index (χ2n) is 4.17. The third-order valence-corrected chi connectivity index (χ3v) is 2.68. The number of aryl methyl sites for hydroxylation is 1. The molecular weight excluding hydrogens is 240 g/mol. The summed E-state index contributed by atoms with van der Waals surface area (Å²) in [5.41, 5.74) is 0. The van der Waals surface area contributed by atoms with Gasteiger partial charge in [-0.15, -0.1) is 0 Å². The first-order chi connectivity index (χ1) is 9.31. The van der Waals surface area contributed by atoms with Crippen LogP contribution in [0.5, 0.6) is 0 Å². The highest BCUT2D eigenvalue weighted by Crippen LogP contribution is 2.11. The minimum absolute atomic E-state index is 0.808. The molecule has 2 aromatic heterocycles. The van der Waals surface area contributed by atoms with Crippen LogP contribution in [-0.2, 0) is 13.0 Å². The van der Waals surface area contributed by atoms with E-state index in [1.54, 1.807) is 6.20 Å². The van der Waals surface area contributed by atoms with E-state index in [2.05, 4.69) is 39.4 Å². The smallest absolute Gasteiger partial charge is 0.132 e. The highest BCUT2D eigenvalue weighted by molar-refractivity contribution is 5.47. The average Bonchev–Trinajstić information content (AvgIpc) is 2.92. The van der Waals surface area contributed by atoms with Gasteiger partial charge in [0.1, 0.15) is 17.5 Å². The van der Waals surface area contributed by atoms with Gasteiger partial charge in [0.15, 0.2) is 0 Å². The third kappa shape index (κ3) is 3.94. The summed E-state index contributed by atoms with van der Waals surface area (Å²) in [6, 6.07) is 1.94. The van der Waals surface area contributed by atoms with Crippen LogP contribution in [0.25, 0.3) is 0 Å². The van der Waals surface area contributed by atoms with E-state index < -0.39 is 0 Å². The Morgan fingerprint density at radius 2 is 1.95 bits per heavy atom. The fourth-order valence-corrected chi connectivity index (χ4v) is 1.75. The average molecular weight is 260 g/mol. The van der Waals surface area contributed by atoms with Crippen LogP contribution in [-0.4, -0.2) is 32.6 Å². The van der Waals surface area contributed by atoms with Crippen molar-refractivity contribution in [2.45, 2.75) is 26.8 Å². The van der Waals surface area contributed by atoms with Crippen LogP contribution in [0.15, 0.2) is 24.8 Å². The zero-order chi connectivity index (χ0) is 13.5. The molecule has 0 fully saturated rings. The Labute approximate surface area is 113 Å². The zero-order valence-corrected chi connectivity index (χ0v) is 11.4. The van der Waals surface area contributed by atoms with E-state index in [1.165, 1.54) is 0 Å². The van der Waals surface area contributed by atoms with E-state index in [0.717, 1.165) is 43.5 Å². The first kappa shape index (κ1) is 13.3. The zero-order valence-electron chi connectivity index (χ0n) is 11.4. The molecular formula is C13H20N6. The predicted molar refractivity (Wildman–Crippen MR) is 76.3 cm³/mol. The molecule has 0 saturated heterocycles. The standard InChI is InChI=1S/C13H20N6/c1-3-11-17-12(15-4-2)9-13(18-11)16-6-8-19-7-5-14-10-19/h5,7,9-10H,3-4,6,8H2,1-2H3,(H2,15,16,17,18). The number of anilines is 2. The van der Waals surface area contributed by atoms with Crippen LogP contribution in [0, 0.1) is 0 Å². The maximum absolute atomic E-state index is 4.47. The van der Waals surface area contributed by atoms with E-state index in [-0.39, 0.29) is 0 Å². The van der Waals surface area contributed by atoms with E-state index >= 15 is 0 Å². The Morgan fingerprint density at radius 3 is 2.58 bits per heavy atom. The van der Waals surface area contributed by atoms with E-state index in [4.69, 9.17) is 0 Å². The van der Waals surface area contributed by atoms with Crippen molar-refractivity contribution in [3.8, 4) is 0 Å². The first-order valence-corrected chi connectivity index (χ1v) is 6.63.